The molecule has 0 aliphatic heterocycles. The van der Waals surface area contributed by atoms with Crippen LogP contribution in [-0.2, 0) is 9.53 Å². The van der Waals surface area contributed by atoms with Crippen molar-refractivity contribution in [3.63, 3.8) is 0 Å². The van der Waals surface area contributed by atoms with E-state index in [9.17, 15) is 14.4 Å². The van der Waals surface area contributed by atoms with Gasteiger partial charge in [0.2, 0.25) is 5.91 Å². The molecule has 0 fully saturated rings. The summed E-state index contributed by atoms with van der Waals surface area (Å²) in [6.07, 6.45) is -0.408. The third-order valence-electron chi connectivity index (χ3n) is 6.39. The standard InChI is InChI=1S/C27H25ClN2O5/c1-3-27(2,25(33)29-16-12-13-21(24(31)32)23(28)14-16)30-26(34)35-15-22-19-10-6-4-8-17(19)18-9-5-7-11-20(18)22/h4-14,22H,3,15H2,1-2H3,(H,29,33)(H,30,34)(H,31,32). The van der Waals surface area contributed by atoms with Crippen molar-refractivity contribution in [2.24, 2.45) is 0 Å². The van der Waals surface area contributed by atoms with Gasteiger partial charge >= 0.3 is 12.1 Å². The van der Waals surface area contributed by atoms with Gasteiger partial charge in [-0.2, -0.15) is 0 Å². The molecule has 0 spiro atoms. The number of benzene rings is 3. The Morgan fingerprint density at radius 1 is 1.00 bits per heavy atom. The second-order valence-electron chi connectivity index (χ2n) is 8.59. The summed E-state index contributed by atoms with van der Waals surface area (Å²) < 4.78 is 5.58. The molecule has 0 bridgehead atoms. The molecule has 35 heavy (non-hydrogen) atoms. The molecule has 0 radical (unpaired) electrons. The topological polar surface area (TPSA) is 105 Å². The largest absolute Gasteiger partial charge is 0.478 e. The van der Waals surface area contributed by atoms with Crippen LogP contribution in [-0.4, -0.2) is 35.2 Å². The Morgan fingerprint density at radius 2 is 1.60 bits per heavy atom. The molecule has 0 saturated heterocycles. The van der Waals surface area contributed by atoms with Crippen LogP contribution >= 0.6 is 11.6 Å². The highest BCUT2D eigenvalue weighted by molar-refractivity contribution is 6.33. The Bertz CT molecular complexity index is 1260. The quantitative estimate of drug-likeness (QED) is 0.393. The van der Waals surface area contributed by atoms with Gasteiger partial charge in [-0.05, 0) is 53.8 Å². The number of fused-ring (bicyclic) bond motifs is 3. The van der Waals surface area contributed by atoms with Crippen molar-refractivity contribution in [2.45, 2.75) is 31.7 Å². The summed E-state index contributed by atoms with van der Waals surface area (Å²) in [5.74, 6) is -1.74. The van der Waals surface area contributed by atoms with Gasteiger partial charge in [0.25, 0.3) is 0 Å². The van der Waals surface area contributed by atoms with E-state index in [4.69, 9.17) is 21.4 Å². The zero-order chi connectivity index (χ0) is 25.2. The fraction of sp³-hybridized carbons (Fsp3) is 0.222. The number of carbonyl (C=O) groups excluding carboxylic acids is 2. The lowest BCUT2D eigenvalue weighted by Crippen LogP contribution is -2.54. The first-order valence-corrected chi connectivity index (χ1v) is 11.6. The Balaban J connectivity index is 1.42. The third-order valence-corrected chi connectivity index (χ3v) is 6.70. The van der Waals surface area contributed by atoms with Gasteiger partial charge in [0, 0.05) is 11.6 Å². The fourth-order valence-corrected chi connectivity index (χ4v) is 4.46. The molecule has 7 nitrogen and oxygen atoms in total. The third kappa shape index (κ3) is 4.86. The van der Waals surface area contributed by atoms with E-state index in [2.05, 4.69) is 22.8 Å². The van der Waals surface area contributed by atoms with E-state index in [1.165, 1.54) is 18.2 Å². The normalized spacial score (nSPS) is 13.8. The number of nitrogens with one attached hydrogen (secondary N) is 2. The summed E-state index contributed by atoms with van der Waals surface area (Å²) >= 11 is 5.99. The lowest BCUT2D eigenvalue weighted by molar-refractivity contribution is -0.121. The summed E-state index contributed by atoms with van der Waals surface area (Å²) in [6.45, 7) is 3.49. The maximum Gasteiger partial charge on any atom is 0.408 e. The highest BCUT2D eigenvalue weighted by Gasteiger charge is 2.35. The number of carboxylic acids is 1. The molecule has 1 unspecified atom stereocenters. The Hall–Kier alpha value is -3.84. The number of rotatable bonds is 7. The average Bonchev–Trinajstić information content (AvgIpc) is 3.16. The summed E-state index contributed by atoms with van der Waals surface area (Å²) in [5, 5.41) is 14.5. The van der Waals surface area contributed by atoms with E-state index in [0.29, 0.717) is 12.1 Å². The molecule has 2 amide bonds. The predicted molar refractivity (Wildman–Crippen MR) is 134 cm³/mol. The van der Waals surface area contributed by atoms with E-state index in [1.54, 1.807) is 13.8 Å². The summed E-state index contributed by atoms with van der Waals surface area (Å²) in [4.78, 5) is 36.8. The van der Waals surface area contributed by atoms with E-state index in [1.807, 2.05) is 36.4 Å². The van der Waals surface area contributed by atoms with E-state index in [-0.39, 0.29) is 23.1 Å². The van der Waals surface area contributed by atoms with Gasteiger partial charge in [0.05, 0.1) is 10.6 Å². The molecule has 1 atom stereocenters. The lowest BCUT2D eigenvalue weighted by atomic mass is 9.97. The van der Waals surface area contributed by atoms with Crippen LogP contribution in [0, 0.1) is 0 Å². The number of alkyl carbamates (subject to hydrolysis) is 1. The Morgan fingerprint density at radius 3 is 2.14 bits per heavy atom. The van der Waals surface area contributed by atoms with Crippen LogP contribution in [0.2, 0.25) is 5.02 Å². The Labute approximate surface area is 208 Å². The molecule has 3 aromatic rings. The van der Waals surface area contributed by atoms with Crippen LogP contribution in [0.1, 0.15) is 47.7 Å². The molecular formula is C27H25ClN2O5. The fourth-order valence-electron chi connectivity index (χ4n) is 4.20. The van der Waals surface area contributed by atoms with Crippen molar-refractivity contribution in [1.82, 2.24) is 5.32 Å². The molecular weight excluding hydrogens is 468 g/mol. The Kier molecular flexibility index (Phi) is 6.80. The molecule has 3 aromatic carbocycles. The number of aromatic carboxylic acids is 1. The van der Waals surface area contributed by atoms with Gasteiger partial charge in [0.15, 0.2) is 0 Å². The number of ether oxygens (including phenoxy) is 1. The van der Waals surface area contributed by atoms with Crippen molar-refractivity contribution >= 4 is 35.3 Å². The number of anilines is 1. The number of carboxylic acid groups (broad SMARTS) is 1. The number of hydrogen-bond acceptors (Lipinski definition) is 4. The summed E-state index contributed by atoms with van der Waals surface area (Å²) in [6, 6.07) is 20.2. The summed E-state index contributed by atoms with van der Waals surface area (Å²) in [7, 11) is 0. The first kappa shape index (κ1) is 24.3. The van der Waals surface area contributed by atoms with Crippen molar-refractivity contribution < 1.29 is 24.2 Å². The first-order valence-electron chi connectivity index (χ1n) is 11.2. The first-order chi connectivity index (χ1) is 16.7. The van der Waals surface area contributed by atoms with Crippen LogP contribution in [0.15, 0.2) is 66.7 Å². The maximum atomic E-state index is 13.0. The van der Waals surface area contributed by atoms with Gasteiger partial charge < -0.3 is 20.5 Å². The van der Waals surface area contributed by atoms with Crippen LogP contribution in [0.3, 0.4) is 0 Å². The van der Waals surface area contributed by atoms with Crippen LogP contribution in [0.25, 0.3) is 11.1 Å². The molecule has 1 aliphatic carbocycles. The van der Waals surface area contributed by atoms with Gasteiger partial charge in [0.1, 0.15) is 12.1 Å². The molecule has 0 heterocycles. The molecule has 0 saturated carbocycles. The molecule has 3 N–H and O–H groups in total. The van der Waals surface area contributed by atoms with Gasteiger partial charge in [-0.15, -0.1) is 0 Å². The monoisotopic (exact) mass is 492 g/mol. The zero-order valence-corrected chi connectivity index (χ0v) is 20.1. The average molecular weight is 493 g/mol. The number of hydrogen-bond donors (Lipinski definition) is 3. The smallest absolute Gasteiger partial charge is 0.408 e. The van der Waals surface area contributed by atoms with E-state index >= 15 is 0 Å². The minimum Gasteiger partial charge on any atom is -0.478 e. The van der Waals surface area contributed by atoms with Crippen LogP contribution in [0.5, 0.6) is 0 Å². The minimum absolute atomic E-state index is 0.00186. The van der Waals surface area contributed by atoms with Crippen LogP contribution in [0.4, 0.5) is 10.5 Å². The minimum atomic E-state index is -1.26. The number of halogens is 1. The number of amides is 2. The van der Waals surface area contributed by atoms with Crippen molar-refractivity contribution in [3.05, 3.63) is 88.4 Å². The van der Waals surface area contributed by atoms with Crippen molar-refractivity contribution in [1.29, 1.82) is 0 Å². The van der Waals surface area contributed by atoms with E-state index in [0.717, 1.165) is 22.3 Å². The molecule has 1 aliphatic rings. The molecule has 4 rings (SSSR count). The van der Waals surface area contributed by atoms with Gasteiger partial charge in [-0.25, -0.2) is 9.59 Å². The second kappa shape index (κ2) is 9.80. The summed E-state index contributed by atoms with van der Waals surface area (Å²) in [5.41, 5.74) is 3.43. The second-order valence-corrected chi connectivity index (χ2v) is 9.00. The van der Waals surface area contributed by atoms with Gasteiger partial charge in [-0.3, -0.25) is 4.79 Å². The van der Waals surface area contributed by atoms with E-state index < -0.39 is 23.5 Å². The zero-order valence-electron chi connectivity index (χ0n) is 19.3. The predicted octanol–water partition coefficient (Wildman–Crippen LogP) is 5.68. The van der Waals surface area contributed by atoms with Crippen molar-refractivity contribution in [2.75, 3.05) is 11.9 Å². The molecule has 0 aromatic heterocycles. The highest BCUT2D eigenvalue weighted by Crippen LogP contribution is 2.44. The highest BCUT2D eigenvalue weighted by atomic mass is 35.5. The lowest BCUT2D eigenvalue weighted by Gasteiger charge is -2.28. The number of carbonyl (C=O) groups is 3. The SMILES string of the molecule is CCC(C)(NC(=O)OCC1c2ccccc2-c2ccccc21)C(=O)Nc1ccc(C(=O)O)c(Cl)c1. The maximum absolute atomic E-state index is 13.0. The molecule has 8 heteroatoms. The van der Waals surface area contributed by atoms with Crippen LogP contribution < -0.4 is 10.6 Å². The van der Waals surface area contributed by atoms with Gasteiger partial charge in [-0.1, -0.05) is 67.1 Å². The van der Waals surface area contributed by atoms with Crippen molar-refractivity contribution in [3.8, 4) is 11.1 Å². The molecule has 180 valence electrons.